The molecule has 0 aliphatic rings. The van der Waals surface area contributed by atoms with Crippen molar-refractivity contribution in [3.05, 3.63) is 59.2 Å². The number of nitrogens with zero attached hydrogens (tertiary/aromatic N) is 2. The molecule has 0 aliphatic carbocycles. The molecule has 0 N–H and O–H groups in total. The van der Waals surface area contributed by atoms with Gasteiger partial charge in [0, 0.05) is 14.1 Å². The SMILES string of the molecule is CC(=O)c1cc(Cc2ccccc2)cc2nc(N(C)C)oc12. The van der Waals surface area contributed by atoms with Gasteiger partial charge in [0.15, 0.2) is 11.4 Å². The number of hydrogen-bond donors (Lipinski definition) is 0. The Labute approximate surface area is 129 Å². The Kier molecular flexibility index (Phi) is 3.67. The minimum atomic E-state index is -0.0126. The number of carbonyl (C=O) groups excluding carboxylic acids is 1. The Morgan fingerprint density at radius 3 is 2.50 bits per heavy atom. The summed E-state index contributed by atoms with van der Waals surface area (Å²) < 4.78 is 5.72. The van der Waals surface area contributed by atoms with Gasteiger partial charge in [-0.15, -0.1) is 0 Å². The minimum absolute atomic E-state index is 0.0126. The molecule has 2 aromatic carbocycles. The summed E-state index contributed by atoms with van der Waals surface area (Å²) in [5, 5.41) is 0. The van der Waals surface area contributed by atoms with E-state index in [1.165, 1.54) is 5.56 Å². The van der Waals surface area contributed by atoms with Gasteiger partial charge in [-0.3, -0.25) is 4.79 Å². The molecule has 0 saturated carbocycles. The van der Waals surface area contributed by atoms with Crippen molar-refractivity contribution in [3.63, 3.8) is 0 Å². The number of benzene rings is 2. The van der Waals surface area contributed by atoms with Crippen molar-refractivity contribution in [2.24, 2.45) is 0 Å². The van der Waals surface area contributed by atoms with E-state index in [1.807, 2.05) is 44.4 Å². The van der Waals surface area contributed by atoms with Crippen molar-refractivity contribution in [3.8, 4) is 0 Å². The Balaban J connectivity index is 2.10. The molecule has 0 aliphatic heterocycles. The highest BCUT2D eigenvalue weighted by Crippen LogP contribution is 2.27. The minimum Gasteiger partial charge on any atom is -0.423 e. The molecule has 3 aromatic rings. The first kappa shape index (κ1) is 14.3. The van der Waals surface area contributed by atoms with Gasteiger partial charge >= 0.3 is 0 Å². The zero-order valence-corrected chi connectivity index (χ0v) is 13.0. The van der Waals surface area contributed by atoms with Crippen LogP contribution < -0.4 is 4.90 Å². The van der Waals surface area contributed by atoms with Gasteiger partial charge in [0.1, 0.15) is 5.52 Å². The van der Waals surface area contributed by atoms with Crippen LogP contribution in [-0.2, 0) is 6.42 Å². The molecule has 0 radical (unpaired) electrons. The molecular formula is C18H18N2O2. The summed E-state index contributed by atoms with van der Waals surface area (Å²) in [6.45, 7) is 1.55. The Hall–Kier alpha value is -2.62. The second-order valence-electron chi connectivity index (χ2n) is 5.60. The topological polar surface area (TPSA) is 46.3 Å². The zero-order valence-electron chi connectivity index (χ0n) is 13.0. The van der Waals surface area contributed by atoms with E-state index in [0.717, 1.165) is 17.5 Å². The van der Waals surface area contributed by atoms with Crippen LogP contribution in [0.3, 0.4) is 0 Å². The van der Waals surface area contributed by atoms with Crippen LogP contribution in [0, 0.1) is 0 Å². The van der Waals surface area contributed by atoms with Crippen LogP contribution in [0.4, 0.5) is 6.01 Å². The third kappa shape index (κ3) is 2.72. The van der Waals surface area contributed by atoms with Crippen molar-refractivity contribution < 1.29 is 9.21 Å². The first-order chi connectivity index (χ1) is 10.5. The number of Topliss-reactive ketones (excluding diaryl/α,β-unsaturated/α-hetero) is 1. The standard InChI is InChI=1S/C18H18N2O2/c1-12(21)15-10-14(9-13-7-5-4-6-8-13)11-16-17(15)22-18(19-16)20(2)3/h4-8,10-11H,9H2,1-3H3. The molecule has 0 bridgehead atoms. The lowest BCUT2D eigenvalue weighted by atomic mass is 10.0. The Morgan fingerprint density at radius 2 is 1.86 bits per heavy atom. The molecule has 1 aromatic heterocycles. The van der Waals surface area contributed by atoms with Crippen molar-refractivity contribution in [1.82, 2.24) is 4.98 Å². The summed E-state index contributed by atoms with van der Waals surface area (Å²) in [5.74, 6) is -0.0126. The molecule has 0 saturated heterocycles. The van der Waals surface area contributed by atoms with E-state index in [0.29, 0.717) is 17.2 Å². The fourth-order valence-corrected chi connectivity index (χ4v) is 2.47. The van der Waals surface area contributed by atoms with Crippen LogP contribution in [0.5, 0.6) is 0 Å². The number of anilines is 1. The second-order valence-corrected chi connectivity index (χ2v) is 5.60. The van der Waals surface area contributed by atoms with Crippen LogP contribution in [-0.4, -0.2) is 24.9 Å². The monoisotopic (exact) mass is 294 g/mol. The molecule has 3 rings (SSSR count). The summed E-state index contributed by atoms with van der Waals surface area (Å²) >= 11 is 0. The predicted molar refractivity (Wildman–Crippen MR) is 87.6 cm³/mol. The number of hydrogen-bond acceptors (Lipinski definition) is 4. The van der Waals surface area contributed by atoms with E-state index < -0.39 is 0 Å². The molecule has 112 valence electrons. The first-order valence-corrected chi connectivity index (χ1v) is 7.20. The molecule has 4 nitrogen and oxygen atoms in total. The fraction of sp³-hybridized carbons (Fsp3) is 0.222. The molecule has 0 amide bonds. The quantitative estimate of drug-likeness (QED) is 0.689. The maximum atomic E-state index is 11.9. The molecule has 0 spiro atoms. The number of aromatic nitrogens is 1. The molecule has 0 unspecified atom stereocenters. The summed E-state index contributed by atoms with van der Waals surface area (Å²) in [6.07, 6.45) is 0.765. The predicted octanol–water partition coefficient (Wildman–Crippen LogP) is 3.69. The van der Waals surface area contributed by atoms with E-state index >= 15 is 0 Å². The van der Waals surface area contributed by atoms with Crippen LogP contribution in [0.15, 0.2) is 46.9 Å². The van der Waals surface area contributed by atoms with E-state index in [1.54, 1.807) is 11.8 Å². The third-order valence-corrected chi connectivity index (χ3v) is 3.55. The number of ketones is 1. The highest BCUT2D eigenvalue weighted by molar-refractivity contribution is 6.04. The summed E-state index contributed by atoms with van der Waals surface area (Å²) in [7, 11) is 3.73. The lowest BCUT2D eigenvalue weighted by Gasteiger charge is -2.05. The number of fused-ring (bicyclic) bond motifs is 1. The highest BCUT2D eigenvalue weighted by Gasteiger charge is 2.16. The lowest BCUT2D eigenvalue weighted by molar-refractivity contribution is 0.101. The number of carbonyl (C=O) groups is 1. The summed E-state index contributed by atoms with van der Waals surface area (Å²) in [5.41, 5.74) is 4.13. The summed E-state index contributed by atoms with van der Waals surface area (Å²) in [6, 6.07) is 14.6. The maximum Gasteiger partial charge on any atom is 0.297 e. The van der Waals surface area contributed by atoms with E-state index in [2.05, 4.69) is 17.1 Å². The van der Waals surface area contributed by atoms with Gasteiger partial charge in [-0.05, 0) is 36.6 Å². The van der Waals surface area contributed by atoms with Gasteiger partial charge in [0.2, 0.25) is 0 Å². The Morgan fingerprint density at radius 1 is 1.14 bits per heavy atom. The fourth-order valence-electron chi connectivity index (χ4n) is 2.47. The normalized spacial score (nSPS) is 10.9. The average molecular weight is 294 g/mol. The highest BCUT2D eigenvalue weighted by atomic mass is 16.4. The Bertz CT molecular complexity index is 820. The van der Waals surface area contributed by atoms with Crippen LogP contribution >= 0.6 is 0 Å². The van der Waals surface area contributed by atoms with E-state index in [9.17, 15) is 4.79 Å². The lowest BCUT2D eigenvalue weighted by Crippen LogP contribution is -2.08. The zero-order chi connectivity index (χ0) is 15.7. The second kappa shape index (κ2) is 5.64. The maximum absolute atomic E-state index is 11.9. The molecule has 4 heteroatoms. The van der Waals surface area contributed by atoms with Crippen molar-refractivity contribution >= 4 is 22.9 Å². The molecule has 22 heavy (non-hydrogen) atoms. The summed E-state index contributed by atoms with van der Waals surface area (Å²) in [4.78, 5) is 18.2. The van der Waals surface area contributed by atoms with Gasteiger partial charge in [-0.1, -0.05) is 30.3 Å². The van der Waals surface area contributed by atoms with Crippen molar-refractivity contribution in [1.29, 1.82) is 0 Å². The number of rotatable bonds is 4. The van der Waals surface area contributed by atoms with Gasteiger partial charge in [0.05, 0.1) is 5.56 Å². The van der Waals surface area contributed by atoms with Gasteiger partial charge in [-0.2, -0.15) is 4.98 Å². The van der Waals surface area contributed by atoms with E-state index in [-0.39, 0.29) is 5.78 Å². The first-order valence-electron chi connectivity index (χ1n) is 7.20. The smallest absolute Gasteiger partial charge is 0.297 e. The van der Waals surface area contributed by atoms with Gasteiger partial charge in [0.25, 0.3) is 6.01 Å². The van der Waals surface area contributed by atoms with Crippen LogP contribution in [0.1, 0.15) is 28.4 Å². The van der Waals surface area contributed by atoms with Gasteiger partial charge in [-0.25, -0.2) is 0 Å². The third-order valence-electron chi connectivity index (χ3n) is 3.55. The molecule has 0 fully saturated rings. The average Bonchev–Trinajstić information content (AvgIpc) is 2.91. The van der Waals surface area contributed by atoms with Crippen molar-refractivity contribution in [2.45, 2.75) is 13.3 Å². The van der Waals surface area contributed by atoms with Crippen LogP contribution in [0.2, 0.25) is 0 Å². The number of oxazole rings is 1. The van der Waals surface area contributed by atoms with Crippen LogP contribution in [0.25, 0.3) is 11.1 Å². The van der Waals surface area contributed by atoms with Gasteiger partial charge < -0.3 is 9.32 Å². The van der Waals surface area contributed by atoms with Crippen molar-refractivity contribution in [2.75, 3.05) is 19.0 Å². The largest absolute Gasteiger partial charge is 0.423 e. The van der Waals surface area contributed by atoms with E-state index in [4.69, 9.17) is 4.42 Å². The molecule has 0 atom stereocenters. The molecule has 1 heterocycles. The molecular weight excluding hydrogens is 276 g/mol.